The highest BCUT2D eigenvalue weighted by atomic mass is 32.2. The predicted molar refractivity (Wildman–Crippen MR) is 90.8 cm³/mol. The third-order valence-electron chi connectivity index (χ3n) is 3.31. The molecule has 0 radical (unpaired) electrons. The molecule has 2 rings (SSSR count). The lowest BCUT2D eigenvalue weighted by atomic mass is 10.2. The minimum Gasteiger partial charge on any atom is -0.326 e. The van der Waals surface area contributed by atoms with Gasteiger partial charge in [-0.05, 0) is 38.1 Å². The van der Waals surface area contributed by atoms with E-state index in [0.717, 1.165) is 11.1 Å². The summed E-state index contributed by atoms with van der Waals surface area (Å²) in [6, 6.07) is 14.0. The number of aryl methyl sites for hydroxylation is 2. The summed E-state index contributed by atoms with van der Waals surface area (Å²) in [6.07, 6.45) is 0.0684. The highest BCUT2D eigenvalue weighted by molar-refractivity contribution is 7.89. The van der Waals surface area contributed by atoms with Gasteiger partial charge in [0.1, 0.15) is 0 Å². The van der Waals surface area contributed by atoms with Crippen LogP contribution in [0.3, 0.4) is 0 Å². The second-order valence-corrected chi connectivity index (χ2v) is 7.14. The van der Waals surface area contributed by atoms with E-state index in [1.54, 1.807) is 24.3 Å². The molecule has 122 valence electrons. The van der Waals surface area contributed by atoms with Gasteiger partial charge < -0.3 is 5.32 Å². The van der Waals surface area contributed by atoms with E-state index in [0.29, 0.717) is 5.69 Å². The topological polar surface area (TPSA) is 75.3 Å². The quantitative estimate of drug-likeness (QED) is 0.854. The molecule has 1 amide bonds. The van der Waals surface area contributed by atoms with Crippen molar-refractivity contribution >= 4 is 21.6 Å². The fourth-order valence-electron chi connectivity index (χ4n) is 1.96. The summed E-state index contributed by atoms with van der Waals surface area (Å²) in [5, 5.41) is 2.73. The summed E-state index contributed by atoms with van der Waals surface area (Å²) in [5.74, 6) is -0.236. The Labute approximate surface area is 136 Å². The first kappa shape index (κ1) is 17.2. The van der Waals surface area contributed by atoms with Crippen LogP contribution in [0.5, 0.6) is 0 Å². The highest BCUT2D eigenvalue weighted by Crippen LogP contribution is 2.10. The average Bonchev–Trinajstić information content (AvgIpc) is 2.50. The van der Waals surface area contributed by atoms with E-state index in [1.807, 2.05) is 38.1 Å². The Bertz CT molecular complexity index is 766. The number of sulfonamides is 1. The number of benzene rings is 2. The molecule has 2 aromatic rings. The van der Waals surface area contributed by atoms with E-state index in [4.69, 9.17) is 0 Å². The van der Waals surface area contributed by atoms with Gasteiger partial charge in [0.15, 0.2) is 0 Å². The van der Waals surface area contributed by atoms with Crippen LogP contribution >= 0.6 is 0 Å². The summed E-state index contributed by atoms with van der Waals surface area (Å²) in [6.45, 7) is 3.90. The van der Waals surface area contributed by atoms with Crippen LogP contribution in [0.25, 0.3) is 0 Å². The molecule has 0 unspecified atom stereocenters. The maximum absolute atomic E-state index is 12.1. The van der Waals surface area contributed by atoms with Gasteiger partial charge in [-0.2, -0.15) is 0 Å². The smallest absolute Gasteiger partial charge is 0.240 e. The monoisotopic (exact) mass is 332 g/mol. The molecule has 0 bridgehead atoms. The van der Waals surface area contributed by atoms with Crippen LogP contribution in [-0.4, -0.2) is 20.9 Å². The minimum absolute atomic E-state index is 0.0495. The third kappa shape index (κ3) is 5.19. The SMILES string of the molecule is Cc1ccc(NC(=O)CCNS(=O)(=O)c2ccc(C)cc2)cc1. The van der Waals surface area contributed by atoms with Gasteiger partial charge in [0, 0.05) is 18.7 Å². The molecule has 2 N–H and O–H groups in total. The Kier molecular flexibility index (Phi) is 5.52. The first-order valence-corrected chi connectivity index (χ1v) is 8.78. The van der Waals surface area contributed by atoms with Crippen LogP contribution in [0.4, 0.5) is 5.69 Å². The van der Waals surface area contributed by atoms with E-state index >= 15 is 0 Å². The number of carbonyl (C=O) groups is 1. The first-order chi connectivity index (χ1) is 10.9. The second-order valence-electron chi connectivity index (χ2n) is 5.38. The van der Waals surface area contributed by atoms with Crippen LogP contribution in [0.2, 0.25) is 0 Å². The number of nitrogens with one attached hydrogen (secondary N) is 2. The fraction of sp³-hybridized carbons (Fsp3) is 0.235. The Morgan fingerprint density at radius 2 is 1.43 bits per heavy atom. The van der Waals surface area contributed by atoms with Crippen LogP contribution in [0, 0.1) is 13.8 Å². The van der Waals surface area contributed by atoms with Crippen LogP contribution < -0.4 is 10.0 Å². The molecule has 23 heavy (non-hydrogen) atoms. The molecule has 0 heterocycles. The Morgan fingerprint density at radius 1 is 0.913 bits per heavy atom. The van der Waals surface area contributed by atoms with Gasteiger partial charge in [-0.15, -0.1) is 0 Å². The van der Waals surface area contributed by atoms with Crippen molar-refractivity contribution in [1.82, 2.24) is 4.72 Å². The third-order valence-corrected chi connectivity index (χ3v) is 4.79. The predicted octanol–water partition coefficient (Wildman–Crippen LogP) is 2.61. The average molecular weight is 332 g/mol. The van der Waals surface area contributed by atoms with Crippen molar-refractivity contribution in [3.8, 4) is 0 Å². The fourth-order valence-corrected chi connectivity index (χ4v) is 2.99. The lowest BCUT2D eigenvalue weighted by Gasteiger charge is -2.08. The minimum atomic E-state index is -3.58. The molecule has 0 aliphatic rings. The standard InChI is InChI=1S/C17H20N2O3S/c1-13-3-7-15(8-4-13)19-17(20)11-12-18-23(21,22)16-9-5-14(2)6-10-16/h3-10,18H,11-12H2,1-2H3,(H,19,20). The van der Waals surface area contributed by atoms with Gasteiger partial charge in [0.25, 0.3) is 0 Å². The summed E-state index contributed by atoms with van der Waals surface area (Å²) in [7, 11) is -3.58. The van der Waals surface area contributed by atoms with Gasteiger partial charge in [-0.1, -0.05) is 35.4 Å². The molecule has 2 aromatic carbocycles. The largest absolute Gasteiger partial charge is 0.326 e. The lowest BCUT2D eigenvalue weighted by Crippen LogP contribution is -2.27. The Balaban J connectivity index is 1.85. The molecule has 5 nitrogen and oxygen atoms in total. The molecular weight excluding hydrogens is 312 g/mol. The molecule has 6 heteroatoms. The van der Waals surface area contributed by atoms with E-state index < -0.39 is 10.0 Å². The highest BCUT2D eigenvalue weighted by Gasteiger charge is 2.13. The molecule has 0 aromatic heterocycles. The number of anilines is 1. The van der Waals surface area contributed by atoms with Crippen molar-refractivity contribution in [2.45, 2.75) is 25.2 Å². The van der Waals surface area contributed by atoms with Gasteiger partial charge >= 0.3 is 0 Å². The molecule has 0 spiro atoms. The zero-order valence-corrected chi connectivity index (χ0v) is 14.0. The Morgan fingerprint density at radius 3 is 2.00 bits per heavy atom. The first-order valence-electron chi connectivity index (χ1n) is 7.30. The van der Waals surface area contributed by atoms with Gasteiger partial charge in [-0.25, -0.2) is 13.1 Å². The van der Waals surface area contributed by atoms with Gasteiger partial charge in [0.2, 0.25) is 15.9 Å². The zero-order valence-electron chi connectivity index (χ0n) is 13.2. The maximum atomic E-state index is 12.1. The number of hydrogen-bond acceptors (Lipinski definition) is 3. The van der Waals surface area contributed by atoms with E-state index in [1.165, 1.54) is 0 Å². The van der Waals surface area contributed by atoms with Crippen LogP contribution in [0.1, 0.15) is 17.5 Å². The molecule has 0 atom stereocenters. The van der Waals surface area contributed by atoms with Crippen molar-refractivity contribution in [3.05, 3.63) is 59.7 Å². The van der Waals surface area contributed by atoms with E-state index in [9.17, 15) is 13.2 Å². The summed E-state index contributed by atoms with van der Waals surface area (Å²) >= 11 is 0. The normalized spacial score (nSPS) is 11.2. The van der Waals surface area contributed by atoms with Crippen molar-refractivity contribution < 1.29 is 13.2 Å². The van der Waals surface area contributed by atoms with Crippen LogP contribution in [0.15, 0.2) is 53.4 Å². The van der Waals surface area contributed by atoms with Crippen LogP contribution in [-0.2, 0) is 14.8 Å². The number of hydrogen-bond donors (Lipinski definition) is 2. The molecule has 0 saturated carbocycles. The van der Waals surface area contributed by atoms with Crippen molar-refractivity contribution in [1.29, 1.82) is 0 Å². The molecule has 0 fully saturated rings. The summed E-state index contributed by atoms with van der Waals surface area (Å²) in [4.78, 5) is 12.0. The summed E-state index contributed by atoms with van der Waals surface area (Å²) in [5.41, 5.74) is 2.79. The van der Waals surface area contributed by atoms with E-state index in [-0.39, 0.29) is 23.8 Å². The number of amides is 1. The lowest BCUT2D eigenvalue weighted by molar-refractivity contribution is -0.116. The number of rotatable bonds is 6. The molecule has 0 saturated heterocycles. The second kappa shape index (κ2) is 7.39. The molecule has 0 aliphatic heterocycles. The molecule has 0 aliphatic carbocycles. The van der Waals surface area contributed by atoms with Gasteiger partial charge in [0.05, 0.1) is 4.90 Å². The molecular formula is C17H20N2O3S. The Hall–Kier alpha value is -2.18. The van der Waals surface area contributed by atoms with Crippen molar-refractivity contribution in [2.75, 3.05) is 11.9 Å². The van der Waals surface area contributed by atoms with Crippen molar-refractivity contribution in [2.24, 2.45) is 0 Å². The van der Waals surface area contributed by atoms with Crippen molar-refractivity contribution in [3.63, 3.8) is 0 Å². The summed E-state index contributed by atoms with van der Waals surface area (Å²) < 4.78 is 26.6. The zero-order chi connectivity index (χ0) is 16.9. The number of carbonyl (C=O) groups excluding carboxylic acids is 1. The van der Waals surface area contributed by atoms with E-state index in [2.05, 4.69) is 10.0 Å². The van der Waals surface area contributed by atoms with Gasteiger partial charge in [-0.3, -0.25) is 4.79 Å². The maximum Gasteiger partial charge on any atom is 0.240 e.